The molecule has 0 fully saturated rings. The van der Waals surface area contributed by atoms with Crippen LogP contribution in [-0.2, 0) is 0 Å². The first-order valence-electron chi connectivity index (χ1n) is 11.9. The number of fused-ring (bicyclic) bond motifs is 3. The first-order valence-corrected chi connectivity index (χ1v) is 11.9. The van der Waals surface area contributed by atoms with E-state index < -0.39 is 11.7 Å². The highest BCUT2D eigenvalue weighted by atomic mass is 19.4. The summed E-state index contributed by atoms with van der Waals surface area (Å²) in [7, 11) is 3.24. The number of nitrogens with zero attached hydrogens (tertiary/aromatic N) is 4. The van der Waals surface area contributed by atoms with Crippen molar-refractivity contribution in [2.24, 2.45) is 0 Å². The van der Waals surface area contributed by atoms with E-state index >= 15 is 0 Å². The van der Waals surface area contributed by atoms with Crippen molar-refractivity contribution in [2.45, 2.75) is 19.0 Å². The van der Waals surface area contributed by atoms with Crippen LogP contribution in [-0.4, -0.2) is 45.6 Å². The molecule has 0 bridgehead atoms. The highest BCUT2D eigenvalue weighted by molar-refractivity contribution is 6.10. The van der Waals surface area contributed by atoms with Crippen LogP contribution in [0.4, 0.5) is 13.2 Å². The molecule has 10 heteroatoms. The van der Waals surface area contributed by atoms with Crippen LogP contribution < -0.4 is 9.47 Å². The number of alkyl halides is 3. The molecular weight excluding hydrogens is 495 g/mol. The van der Waals surface area contributed by atoms with E-state index in [2.05, 4.69) is 25.2 Å². The summed E-state index contributed by atoms with van der Waals surface area (Å²) in [6, 6.07) is 18.9. The van der Waals surface area contributed by atoms with Crippen molar-refractivity contribution in [3.8, 4) is 17.2 Å². The number of hydrogen-bond acceptors (Lipinski definition) is 5. The molecule has 2 heterocycles. The van der Waals surface area contributed by atoms with E-state index in [0.29, 0.717) is 17.6 Å². The van der Waals surface area contributed by atoms with E-state index in [9.17, 15) is 13.2 Å². The summed E-state index contributed by atoms with van der Waals surface area (Å²) in [5.74, 6) is 1.71. The Bertz CT molecular complexity index is 1650. The fourth-order valence-electron chi connectivity index (χ4n) is 5.09. The van der Waals surface area contributed by atoms with Crippen molar-refractivity contribution >= 4 is 33.0 Å². The van der Waals surface area contributed by atoms with Gasteiger partial charge in [0.2, 0.25) is 0 Å². The molecule has 0 radical (unpaired) electrons. The van der Waals surface area contributed by atoms with Gasteiger partial charge in [-0.15, -0.1) is 5.10 Å². The summed E-state index contributed by atoms with van der Waals surface area (Å²) >= 11 is 0. The molecule has 0 amide bonds. The minimum Gasteiger partial charge on any atom is -0.497 e. The Morgan fingerprint density at radius 2 is 1.47 bits per heavy atom. The van der Waals surface area contributed by atoms with Gasteiger partial charge in [0.05, 0.1) is 30.8 Å². The number of nitrogens with one attached hydrogen (secondary N) is 1. The molecule has 1 aliphatic carbocycles. The molecule has 1 aliphatic rings. The Balaban J connectivity index is 1.47. The van der Waals surface area contributed by atoms with E-state index in [1.807, 2.05) is 48.5 Å². The van der Waals surface area contributed by atoms with Crippen molar-refractivity contribution in [3.05, 3.63) is 83.7 Å². The van der Waals surface area contributed by atoms with E-state index in [-0.39, 0.29) is 17.8 Å². The van der Waals surface area contributed by atoms with Gasteiger partial charge in [0.1, 0.15) is 11.5 Å². The highest BCUT2D eigenvalue weighted by Gasteiger charge is 2.37. The Hall–Kier alpha value is -4.60. The fourth-order valence-corrected chi connectivity index (χ4v) is 5.09. The summed E-state index contributed by atoms with van der Waals surface area (Å²) in [5.41, 5.74) is 3.25. The van der Waals surface area contributed by atoms with E-state index in [1.165, 1.54) is 0 Å². The van der Waals surface area contributed by atoms with Crippen LogP contribution in [0.25, 0.3) is 38.6 Å². The van der Waals surface area contributed by atoms with E-state index in [1.54, 1.807) is 26.4 Å². The van der Waals surface area contributed by atoms with Crippen LogP contribution in [0.5, 0.6) is 11.5 Å². The molecule has 0 spiro atoms. The summed E-state index contributed by atoms with van der Waals surface area (Å²) in [6.45, 7) is 0. The van der Waals surface area contributed by atoms with Crippen LogP contribution >= 0.6 is 0 Å². The molecule has 2 aromatic heterocycles. The lowest BCUT2D eigenvalue weighted by Crippen LogP contribution is -2.15. The lowest BCUT2D eigenvalue weighted by molar-refractivity contribution is -0.0878. The lowest BCUT2D eigenvalue weighted by atomic mass is 9.87. The van der Waals surface area contributed by atoms with Crippen molar-refractivity contribution in [1.29, 1.82) is 0 Å². The van der Waals surface area contributed by atoms with Crippen LogP contribution in [0, 0.1) is 0 Å². The molecule has 38 heavy (non-hydrogen) atoms. The third kappa shape index (κ3) is 3.98. The number of methoxy groups -OCH3 is 2. The second-order valence-electron chi connectivity index (χ2n) is 8.96. The van der Waals surface area contributed by atoms with Crippen LogP contribution in [0.3, 0.4) is 0 Å². The number of allylic oxidation sites excluding steroid dienone is 4. The highest BCUT2D eigenvalue weighted by Crippen LogP contribution is 2.42. The van der Waals surface area contributed by atoms with Gasteiger partial charge in [-0.3, -0.25) is 0 Å². The number of rotatable bonds is 5. The number of tetrazole rings is 1. The normalized spacial score (nSPS) is 14.3. The van der Waals surface area contributed by atoms with Gasteiger partial charge < -0.3 is 14.0 Å². The third-order valence-corrected chi connectivity index (χ3v) is 6.90. The van der Waals surface area contributed by atoms with Gasteiger partial charge >= 0.3 is 6.18 Å². The Morgan fingerprint density at radius 1 is 0.842 bits per heavy atom. The molecule has 3 aromatic carbocycles. The lowest BCUT2D eigenvalue weighted by Gasteiger charge is -2.22. The zero-order chi connectivity index (χ0) is 26.4. The SMILES string of the molecule is COc1ccc2c(c1)c1cc(OC)ccc1n2-c1ccc(C2=C(C(F)(F)F)C=C(c3nnn[nH]3)CC2)cc1. The van der Waals surface area contributed by atoms with Gasteiger partial charge in [-0.05, 0) is 94.6 Å². The number of hydrogen-bond donors (Lipinski definition) is 1. The summed E-state index contributed by atoms with van der Waals surface area (Å²) in [5, 5.41) is 15.3. The van der Waals surface area contributed by atoms with Gasteiger partial charge in [-0.25, -0.2) is 5.10 Å². The average molecular weight is 518 g/mol. The van der Waals surface area contributed by atoms with Crippen molar-refractivity contribution in [3.63, 3.8) is 0 Å². The number of aromatic nitrogens is 5. The second-order valence-corrected chi connectivity index (χ2v) is 8.96. The zero-order valence-electron chi connectivity index (χ0n) is 20.5. The number of ether oxygens (including phenoxy) is 2. The first-order chi connectivity index (χ1) is 18.4. The number of aromatic amines is 1. The molecule has 1 N–H and O–H groups in total. The first kappa shape index (κ1) is 23.8. The third-order valence-electron chi connectivity index (χ3n) is 6.90. The summed E-state index contributed by atoms with van der Waals surface area (Å²) in [4.78, 5) is 0. The fraction of sp³-hybridized carbons (Fsp3) is 0.179. The molecule has 7 nitrogen and oxygen atoms in total. The average Bonchev–Trinajstić information content (AvgIpc) is 3.58. The number of H-pyrrole nitrogens is 1. The van der Waals surface area contributed by atoms with Gasteiger partial charge in [0.25, 0.3) is 0 Å². The Labute approximate surface area is 215 Å². The predicted octanol–water partition coefficient (Wildman–Crippen LogP) is 6.51. The zero-order valence-corrected chi connectivity index (χ0v) is 20.5. The molecule has 0 saturated heterocycles. The van der Waals surface area contributed by atoms with Crippen molar-refractivity contribution in [1.82, 2.24) is 25.2 Å². The molecule has 192 valence electrons. The van der Waals surface area contributed by atoms with Crippen molar-refractivity contribution in [2.75, 3.05) is 14.2 Å². The summed E-state index contributed by atoms with van der Waals surface area (Å²) < 4.78 is 55.2. The molecule has 0 unspecified atom stereocenters. The largest absolute Gasteiger partial charge is 0.497 e. The predicted molar refractivity (Wildman–Crippen MR) is 138 cm³/mol. The minimum absolute atomic E-state index is 0.218. The van der Waals surface area contributed by atoms with E-state index in [0.717, 1.165) is 45.1 Å². The maximum absolute atomic E-state index is 14.1. The maximum Gasteiger partial charge on any atom is 0.416 e. The minimum atomic E-state index is -4.52. The molecule has 0 saturated carbocycles. The van der Waals surface area contributed by atoms with Crippen molar-refractivity contribution < 1.29 is 22.6 Å². The van der Waals surface area contributed by atoms with Crippen LogP contribution in [0.15, 0.2) is 72.3 Å². The van der Waals surface area contributed by atoms with Gasteiger partial charge in [0, 0.05) is 16.5 Å². The Kier molecular flexibility index (Phi) is 5.67. The molecule has 0 aliphatic heterocycles. The molecule has 0 atom stereocenters. The smallest absolute Gasteiger partial charge is 0.416 e. The molecule has 6 rings (SSSR count). The molecule has 5 aromatic rings. The number of halogens is 3. The second kappa shape index (κ2) is 9.05. The topological polar surface area (TPSA) is 77.8 Å². The Morgan fingerprint density at radius 3 is 2.00 bits per heavy atom. The quantitative estimate of drug-likeness (QED) is 0.288. The van der Waals surface area contributed by atoms with Gasteiger partial charge in [-0.2, -0.15) is 13.2 Å². The monoisotopic (exact) mass is 517 g/mol. The van der Waals surface area contributed by atoms with Crippen LogP contribution in [0.2, 0.25) is 0 Å². The van der Waals surface area contributed by atoms with Gasteiger partial charge in [-0.1, -0.05) is 12.1 Å². The molecular formula is C28H22F3N5O2. The number of benzene rings is 3. The van der Waals surface area contributed by atoms with Gasteiger partial charge in [0.15, 0.2) is 5.82 Å². The van der Waals surface area contributed by atoms with E-state index in [4.69, 9.17) is 9.47 Å². The standard InChI is InChI=1S/C28H22F3N5O2/c1-37-19-8-11-25-22(14-19)23-15-20(38-2)9-12-26(23)36(25)18-6-3-16(4-7-18)21-10-5-17(27-32-34-35-33-27)13-24(21)28(29,30)31/h3-4,6-9,11-15H,5,10H2,1-2H3,(H,32,33,34,35). The summed E-state index contributed by atoms with van der Waals surface area (Å²) in [6.07, 6.45) is -2.76. The van der Waals surface area contributed by atoms with Crippen LogP contribution in [0.1, 0.15) is 24.2 Å². The maximum atomic E-state index is 14.1.